The summed E-state index contributed by atoms with van der Waals surface area (Å²) in [7, 11) is 1.64. The third kappa shape index (κ3) is 6.17. The summed E-state index contributed by atoms with van der Waals surface area (Å²) < 4.78 is 0. The highest BCUT2D eigenvalue weighted by Crippen LogP contribution is 2.35. The molecule has 0 saturated carbocycles. The Morgan fingerprint density at radius 2 is 1.71 bits per heavy atom. The van der Waals surface area contributed by atoms with E-state index in [0.29, 0.717) is 12.6 Å². The highest BCUT2D eigenvalue weighted by atomic mass is 35.5. The second kappa shape index (κ2) is 11.5. The number of carboxylic acids is 1. The largest absolute Gasteiger partial charge is 0.478 e. The topological polar surface area (TPSA) is 104 Å². The summed E-state index contributed by atoms with van der Waals surface area (Å²) in [5, 5.41) is 9.31. The van der Waals surface area contributed by atoms with Crippen LogP contribution in [0.15, 0.2) is 54.6 Å². The molecule has 1 heterocycles. The van der Waals surface area contributed by atoms with Crippen LogP contribution in [0.1, 0.15) is 35.9 Å². The van der Waals surface area contributed by atoms with Crippen LogP contribution < -0.4 is 5.73 Å². The third-order valence-corrected chi connectivity index (χ3v) is 6.71. The molecule has 1 saturated heterocycles. The van der Waals surface area contributed by atoms with Crippen LogP contribution in [0.2, 0.25) is 10.0 Å². The van der Waals surface area contributed by atoms with Crippen molar-refractivity contribution in [2.24, 2.45) is 0 Å². The minimum Gasteiger partial charge on any atom is -0.478 e. The van der Waals surface area contributed by atoms with Gasteiger partial charge in [0.15, 0.2) is 5.78 Å². The molecule has 3 rings (SSSR count). The Morgan fingerprint density at radius 1 is 1.09 bits per heavy atom. The van der Waals surface area contributed by atoms with Crippen LogP contribution in [0, 0.1) is 0 Å². The number of halogens is 2. The number of hydrogen-bond donors (Lipinski definition) is 2. The Bertz CT molecular complexity index is 1090. The van der Waals surface area contributed by atoms with E-state index in [-0.39, 0.29) is 27.3 Å². The number of rotatable bonds is 9. The summed E-state index contributed by atoms with van der Waals surface area (Å²) in [6, 6.07) is 12.0. The zero-order valence-corrected chi connectivity index (χ0v) is 20.3. The fraction of sp³-hybridized carbons (Fsp3) is 0.320. The number of nitrogens with zero attached hydrogens (tertiary/aromatic N) is 2. The fourth-order valence-corrected chi connectivity index (χ4v) is 4.52. The van der Waals surface area contributed by atoms with Gasteiger partial charge in [-0.1, -0.05) is 53.5 Å². The number of carboxylic acid groups (broad SMARTS) is 1. The van der Waals surface area contributed by atoms with Gasteiger partial charge in [0, 0.05) is 25.4 Å². The van der Waals surface area contributed by atoms with Crippen molar-refractivity contribution in [3.05, 3.63) is 75.8 Å². The number of ketones is 1. The number of allylic oxidation sites excluding steroid dienone is 1. The minimum absolute atomic E-state index is 0.119. The highest BCUT2D eigenvalue weighted by molar-refractivity contribution is 6.42. The monoisotopic (exact) mass is 503 g/mol. The molecule has 7 nitrogen and oxygen atoms in total. The van der Waals surface area contributed by atoms with E-state index in [9.17, 15) is 14.4 Å². The van der Waals surface area contributed by atoms with Crippen molar-refractivity contribution >= 4 is 46.5 Å². The maximum Gasteiger partial charge on any atom is 0.328 e. The zero-order valence-electron chi connectivity index (χ0n) is 18.8. The quantitative estimate of drug-likeness (QED) is 0.302. The molecular weight excluding hydrogens is 477 g/mol. The van der Waals surface area contributed by atoms with Crippen LogP contribution in [-0.2, 0) is 14.4 Å². The van der Waals surface area contributed by atoms with Gasteiger partial charge in [0.1, 0.15) is 5.92 Å². The van der Waals surface area contributed by atoms with Gasteiger partial charge in [0.25, 0.3) is 0 Å². The predicted octanol–water partition coefficient (Wildman–Crippen LogP) is 4.16. The van der Waals surface area contributed by atoms with E-state index in [4.69, 9.17) is 34.0 Å². The first kappa shape index (κ1) is 25.7. The number of aliphatic carboxylic acids is 1. The lowest BCUT2D eigenvalue weighted by atomic mass is 9.90. The van der Waals surface area contributed by atoms with Gasteiger partial charge in [-0.3, -0.25) is 9.59 Å². The van der Waals surface area contributed by atoms with E-state index >= 15 is 0 Å². The molecule has 3 N–H and O–H groups in total. The van der Waals surface area contributed by atoms with Gasteiger partial charge in [-0.25, -0.2) is 4.79 Å². The lowest BCUT2D eigenvalue weighted by Gasteiger charge is -2.34. The number of carbonyl (C=O) groups excluding carboxylic acids is 2. The van der Waals surface area contributed by atoms with Crippen LogP contribution in [-0.4, -0.2) is 59.2 Å². The molecule has 180 valence electrons. The lowest BCUT2D eigenvalue weighted by molar-refractivity contribution is -0.138. The molecule has 0 spiro atoms. The Kier molecular flexibility index (Phi) is 8.72. The van der Waals surface area contributed by atoms with Crippen LogP contribution in [0.25, 0.3) is 0 Å². The van der Waals surface area contributed by atoms with E-state index in [1.165, 1.54) is 17.0 Å². The number of nitrogens with two attached hydrogens (primary N) is 1. The summed E-state index contributed by atoms with van der Waals surface area (Å²) >= 11 is 12.2. The molecule has 9 heteroatoms. The molecule has 34 heavy (non-hydrogen) atoms. The molecule has 2 aromatic carbocycles. The van der Waals surface area contributed by atoms with Crippen LogP contribution in [0.4, 0.5) is 5.69 Å². The van der Waals surface area contributed by atoms with Gasteiger partial charge in [0.05, 0.1) is 16.1 Å². The second-order valence-corrected chi connectivity index (χ2v) is 9.10. The minimum atomic E-state index is -1.37. The second-order valence-electron chi connectivity index (χ2n) is 8.29. The van der Waals surface area contributed by atoms with Gasteiger partial charge in [-0.2, -0.15) is 0 Å². The van der Waals surface area contributed by atoms with E-state index in [0.717, 1.165) is 37.6 Å². The number of carbonyl (C=O) groups is 3. The Labute approximate surface area is 208 Å². The van der Waals surface area contributed by atoms with Gasteiger partial charge in [0.2, 0.25) is 5.91 Å². The SMILES string of the molecule is CN(C(=O)C(C(=O)/C=C\C(=O)O)c1cc(Cl)c(Cl)cc1N)[C@H](CN1CCCC1)c1ccccc1. The van der Waals surface area contributed by atoms with Crippen molar-refractivity contribution in [2.75, 3.05) is 32.4 Å². The van der Waals surface area contributed by atoms with E-state index in [1.54, 1.807) is 7.05 Å². The summed E-state index contributed by atoms with van der Waals surface area (Å²) in [5.74, 6) is -3.90. The van der Waals surface area contributed by atoms with Crippen molar-refractivity contribution in [3.63, 3.8) is 0 Å². The Balaban J connectivity index is 2.02. The Hall–Kier alpha value is -2.87. The van der Waals surface area contributed by atoms with Gasteiger partial charge >= 0.3 is 5.97 Å². The molecule has 0 radical (unpaired) electrons. The standard InChI is InChI=1S/C25H27Cl2N3O4/c1-29(21(15-30-11-5-6-12-30)16-7-3-2-4-8-16)25(34)24(22(31)9-10-23(32)33)17-13-18(26)19(27)14-20(17)28/h2-4,7-10,13-14,21,24H,5-6,11-12,15,28H2,1H3,(H,32,33)/b10-9-/t21-,24?/m1/s1. The first-order valence-corrected chi connectivity index (χ1v) is 11.7. The molecule has 1 aliphatic rings. The van der Waals surface area contributed by atoms with Crippen LogP contribution >= 0.6 is 23.2 Å². The van der Waals surface area contributed by atoms with Crippen LogP contribution in [0.3, 0.4) is 0 Å². The average Bonchev–Trinajstić information content (AvgIpc) is 3.33. The molecule has 1 fully saturated rings. The number of likely N-dealkylation sites (N-methyl/N-ethyl adjacent to an activating group) is 1. The normalized spacial score (nSPS) is 15.9. The fourth-order valence-electron chi connectivity index (χ4n) is 4.18. The van der Waals surface area contributed by atoms with Gasteiger partial charge in [-0.15, -0.1) is 0 Å². The van der Waals surface area contributed by atoms with Crippen molar-refractivity contribution in [1.29, 1.82) is 0 Å². The number of hydrogen-bond acceptors (Lipinski definition) is 5. The summed E-state index contributed by atoms with van der Waals surface area (Å²) in [4.78, 5) is 41.8. The smallest absolute Gasteiger partial charge is 0.328 e. The molecule has 0 aliphatic carbocycles. The summed E-state index contributed by atoms with van der Waals surface area (Å²) in [6.45, 7) is 2.48. The number of amides is 1. The van der Waals surface area contributed by atoms with Crippen LogP contribution in [0.5, 0.6) is 0 Å². The molecule has 2 atom stereocenters. The van der Waals surface area contributed by atoms with Crippen molar-refractivity contribution in [1.82, 2.24) is 9.80 Å². The van der Waals surface area contributed by atoms with Gasteiger partial charge in [-0.05, 0) is 55.3 Å². The van der Waals surface area contributed by atoms with Crippen molar-refractivity contribution in [3.8, 4) is 0 Å². The Morgan fingerprint density at radius 3 is 2.32 bits per heavy atom. The summed E-state index contributed by atoms with van der Waals surface area (Å²) in [5.41, 5.74) is 7.36. The third-order valence-electron chi connectivity index (χ3n) is 5.99. The average molecular weight is 504 g/mol. The molecular formula is C25H27Cl2N3O4. The molecule has 1 amide bonds. The number of benzene rings is 2. The van der Waals surface area contributed by atoms with E-state index < -0.39 is 23.6 Å². The predicted molar refractivity (Wildman–Crippen MR) is 133 cm³/mol. The molecule has 2 aromatic rings. The van der Waals surface area contributed by atoms with E-state index in [2.05, 4.69) is 4.90 Å². The number of likely N-dealkylation sites (tertiary alicyclic amines) is 1. The van der Waals surface area contributed by atoms with Gasteiger partial charge < -0.3 is 20.6 Å². The highest BCUT2D eigenvalue weighted by Gasteiger charge is 2.35. The maximum absolute atomic E-state index is 13.8. The first-order valence-electron chi connectivity index (χ1n) is 10.9. The summed E-state index contributed by atoms with van der Waals surface area (Å²) in [6.07, 6.45) is 3.77. The number of anilines is 1. The van der Waals surface area contributed by atoms with Crippen molar-refractivity contribution < 1.29 is 19.5 Å². The zero-order chi connectivity index (χ0) is 24.8. The van der Waals surface area contributed by atoms with E-state index in [1.807, 2.05) is 30.3 Å². The first-order chi connectivity index (χ1) is 16.2. The molecule has 0 bridgehead atoms. The number of nitrogen functional groups attached to an aromatic ring is 1. The lowest BCUT2D eigenvalue weighted by Crippen LogP contribution is -2.42. The van der Waals surface area contributed by atoms with Crippen molar-refractivity contribution in [2.45, 2.75) is 24.8 Å². The molecule has 0 aromatic heterocycles. The molecule has 1 aliphatic heterocycles. The maximum atomic E-state index is 13.8. The molecule has 1 unspecified atom stereocenters.